The van der Waals surface area contributed by atoms with Crippen LogP contribution in [0.15, 0.2) is 4.52 Å². The molecule has 1 aromatic heterocycles. The largest absolute Gasteiger partial charge is 0.393 e. The van der Waals surface area contributed by atoms with Gasteiger partial charge in [-0.05, 0) is 13.8 Å². The first kappa shape index (κ1) is 10.1. The molecule has 0 aliphatic rings. The van der Waals surface area contributed by atoms with Gasteiger partial charge < -0.3 is 14.4 Å². The predicted octanol–water partition coefficient (Wildman–Crippen LogP) is 0.700. The summed E-state index contributed by atoms with van der Waals surface area (Å²) in [5.41, 5.74) is 0. The maximum Gasteiger partial charge on any atom is 0.229 e. The van der Waals surface area contributed by atoms with Gasteiger partial charge in [-0.3, -0.25) is 0 Å². The molecule has 0 radical (unpaired) electrons. The van der Waals surface area contributed by atoms with Gasteiger partial charge in [0.1, 0.15) is 6.10 Å². The van der Waals surface area contributed by atoms with Gasteiger partial charge in [-0.2, -0.15) is 4.98 Å². The molecule has 5 nitrogen and oxygen atoms in total. The first-order valence-electron chi connectivity index (χ1n) is 4.16. The van der Waals surface area contributed by atoms with Crippen molar-refractivity contribution in [1.82, 2.24) is 10.1 Å². The van der Waals surface area contributed by atoms with Crippen LogP contribution in [-0.4, -0.2) is 28.5 Å². The Hall–Kier alpha value is -0.940. The van der Waals surface area contributed by atoms with Crippen molar-refractivity contribution in [2.75, 3.05) is 7.11 Å². The molecule has 2 unspecified atom stereocenters. The maximum absolute atomic E-state index is 9.05. The van der Waals surface area contributed by atoms with E-state index in [0.29, 0.717) is 18.1 Å². The van der Waals surface area contributed by atoms with Crippen molar-refractivity contribution in [3.05, 3.63) is 11.7 Å². The molecule has 1 aromatic rings. The van der Waals surface area contributed by atoms with Crippen LogP contribution in [0, 0.1) is 0 Å². The number of methoxy groups -OCH3 is 1. The van der Waals surface area contributed by atoms with Crippen molar-refractivity contribution < 1.29 is 14.4 Å². The molecule has 1 rings (SSSR count). The number of ether oxygens (including phenoxy) is 1. The number of aliphatic hydroxyl groups excluding tert-OH is 1. The number of hydrogen-bond acceptors (Lipinski definition) is 5. The average molecular weight is 186 g/mol. The fourth-order valence-corrected chi connectivity index (χ4v) is 0.874. The van der Waals surface area contributed by atoms with Crippen molar-refractivity contribution in [3.63, 3.8) is 0 Å². The first-order chi connectivity index (χ1) is 6.13. The molecule has 0 bridgehead atoms. The maximum atomic E-state index is 9.05. The summed E-state index contributed by atoms with van der Waals surface area (Å²) in [7, 11) is 1.58. The van der Waals surface area contributed by atoms with E-state index in [4.69, 9.17) is 14.4 Å². The number of aromatic nitrogens is 2. The highest BCUT2D eigenvalue weighted by Crippen LogP contribution is 2.11. The lowest BCUT2D eigenvalue weighted by Crippen LogP contribution is -2.05. The lowest BCUT2D eigenvalue weighted by atomic mass is 10.3. The minimum atomic E-state index is -0.467. The second-order valence-electron chi connectivity index (χ2n) is 2.98. The van der Waals surface area contributed by atoms with Crippen molar-refractivity contribution in [3.8, 4) is 0 Å². The summed E-state index contributed by atoms with van der Waals surface area (Å²) in [6.45, 7) is 3.50. The van der Waals surface area contributed by atoms with Crippen LogP contribution in [0.1, 0.15) is 31.7 Å². The average Bonchev–Trinajstić information content (AvgIpc) is 2.50. The molecule has 0 fully saturated rings. The van der Waals surface area contributed by atoms with Crippen LogP contribution < -0.4 is 0 Å². The van der Waals surface area contributed by atoms with Crippen LogP contribution >= 0.6 is 0 Å². The second-order valence-corrected chi connectivity index (χ2v) is 2.98. The van der Waals surface area contributed by atoms with E-state index in [1.54, 1.807) is 14.0 Å². The van der Waals surface area contributed by atoms with Gasteiger partial charge in [-0.1, -0.05) is 5.16 Å². The first-order valence-corrected chi connectivity index (χ1v) is 4.16. The van der Waals surface area contributed by atoms with Crippen molar-refractivity contribution >= 4 is 0 Å². The summed E-state index contributed by atoms with van der Waals surface area (Å²) in [5, 5.41) is 12.8. The lowest BCUT2D eigenvalue weighted by molar-refractivity contribution is 0.109. The summed E-state index contributed by atoms with van der Waals surface area (Å²) in [6, 6.07) is 0. The van der Waals surface area contributed by atoms with E-state index in [1.165, 1.54) is 0 Å². The lowest BCUT2D eigenvalue weighted by Gasteiger charge is -2.01. The molecule has 1 heterocycles. The Morgan fingerprint density at radius 1 is 1.54 bits per heavy atom. The Morgan fingerprint density at radius 3 is 2.77 bits per heavy atom. The van der Waals surface area contributed by atoms with Gasteiger partial charge >= 0.3 is 0 Å². The van der Waals surface area contributed by atoms with E-state index in [2.05, 4.69) is 10.1 Å². The van der Waals surface area contributed by atoms with E-state index >= 15 is 0 Å². The number of nitrogens with zero attached hydrogens (tertiary/aromatic N) is 2. The van der Waals surface area contributed by atoms with Gasteiger partial charge in [-0.25, -0.2) is 0 Å². The molecule has 0 spiro atoms. The summed E-state index contributed by atoms with van der Waals surface area (Å²) in [6.07, 6.45) is -0.263. The minimum Gasteiger partial charge on any atom is -0.393 e. The van der Waals surface area contributed by atoms with Crippen LogP contribution in [0.25, 0.3) is 0 Å². The topological polar surface area (TPSA) is 68.4 Å². The van der Waals surface area contributed by atoms with Crippen molar-refractivity contribution in [1.29, 1.82) is 0 Å². The van der Waals surface area contributed by atoms with Gasteiger partial charge in [-0.15, -0.1) is 0 Å². The molecule has 74 valence electrons. The van der Waals surface area contributed by atoms with E-state index in [1.807, 2.05) is 6.92 Å². The van der Waals surface area contributed by atoms with Gasteiger partial charge in [0.15, 0.2) is 5.82 Å². The van der Waals surface area contributed by atoms with Gasteiger partial charge in [0.2, 0.25) is 5.89 Å². The summed E-state index contributed by atoms with van der Waals surface area (Å²) >= 11 is 0. The highest BCUT2D eigenvalue weighted by atomic mass is 16.5. The third kappa shape index (κ3) is 2.78. The van der Waals surface area contributed by atoms with E-state index in [-0.39, 0.29) is 6.10 Å². The number of rotatable bonds is 4. The molecule has 2 atom stereocenters. The van der Waals surface area contributed by atoms with E-state index in [9.17, 15) is 0 Å². The molecule has 0 aliphatic heterocycles. The van der Waals surface area contributed by atoms with Crippen LogP contribution in [0.4, 0.5) is 0 Å². The molecular formula is C8H14N2O3. The van der Waals surface area contributed by atoms with Gasteiger partial charge in [0.05, 0.1) is 12.5 Å². The quantitative estimate of drug-likeness (QED) is 0.749. The zero-order chi connectivity index (χ0) is 9.84. The SMILES string of the molecule is COC(C)c1noc(CC(C)O)n1. The van der Waals surface area contributed by atoms with Crippen LogP contribution in [-0.2, 0) is 11.2 Å². The van der Waals surface area contributed by atoms with Gasteiger partial charge in [0.25, 0.3) is 0 Å². The predicted molar refractivity (Wildman–Crippen MR) is 45.1 cm³/mol. The monoisotopic (exact) mass is 186 g/mol. The third-order valence-corrected chi connectivity index (χ3v) is 1.67. The smallest absolute Gasteiger partial charge is 0.229 e. The van der Waals surface area contributed by atoms with Crippen molar-refractivity contribution in [2.24, 2.45) is 0 Å². The molecule has 5 heteroatoms. The Bertz CT molecular complexity index is 260. The fourth-order valence-electron chi connectivity index (χ4n) is 0.874. The van der Waals surface area contributed by atoms with Crippen LogP contribution in [0.5, 0.6) is 0 Å². The standard InChI is InChI=1S/C8H14N2O3/c1-5(11)4-7-9-8(10-13-7)6(2)12-3/h5-6,11H,4H2,1-3H3. The fraction of sp³-hybridized carbons (Fsp3) is 0.750. The Balaban J connectivity index is 2.63. The molecule has 13 heavy (non-hydrogen) atoms. The van der Waals surface area contributed by atoms with E-state index in [0.717, 1.165) is 0 Å². The highest BCUT2D eigenvalue weighted by molar-refractivity contribution is 4.90. The molecule has 0 amide bonds. The van der Waals surface area contributed by atoms with Crippen LogP contribution in [0.2, 0.25) is 0 Å². The van der Waals surface area contributed by atoms with Gasteiger partial charge in [0, 0.05) is 7.11 Å². The molecular weight excluding hydrogens is 172 g/mol. The second kappa shape index (κ2) is 4.34. The van der Waals surface area contributed by atoms with Crippen LogP contribution in [0.3, 0.4) is 0 Å². The number of hydrogen-bond donors (Lipinski definition) is 1. The van der Waals surface area contributed by atoms with E-state index < -0.39 is 6.10 Å². The minimum absolute atomic E-state index is 0.175. The summed E-state index contributed by atoms with van der Waals surface area (Å²) in [4.78, 5) is 4.06. The molecule has 0 saturated carbocycles. The molecule has 0 aromatic carbocycles. The normalized spacial score (nSPS) is 15.7. The Morgan fingerprint density at radius 2 is 2.23 bits per heavy atom. The Labute approximate surface area is 76.7 Å². The molecule has 0 saturated heterocycles. The number of aliphatic hydroxyl groups is 1. The highest BCUT2D eigenvalue weighted by Gasteiger charge is 2.13. The summed E-state index contributed by atoms with van der Waals surface area (Å²) in [5.74, 6) is 0.951. The zero-order valence-electron chi connectivity index (χ0n) is 8.02. The van der Waals surface area contributed by atoms with Crippen molar-refractivity contribution in [2.45, 2.75) is 32.5 Å². The molecule has 0 aliphatic carbocycles. The third-order valence-electron chi connectivity index (χ3n) is 1.67. The zero-order valence-corrected chi connectivity index (χ0v) is 8.02. The summed E-state index contributed by atoms with van der Waals surface area (Å²) < 4.78 is 9.90. The molecule has 1 N–H and O–H groups in total. The Kier molecular flexibility index (Phi) is 3.39.